The minimum Gasteiger partial charge on any atom is -0.399 e. The minimum atomic E-state index is -0.102. The first-order valence-corrected chi connectivity index (χ1v) is 8.14. The zero-order chi connectivity index (χ0) is 15.3. The molecule has 1 saturated carbocycles. The summed E-state index contributed by atoms with van der Waals surface area (Å²) in [5, 5.41) is 3.16. The molecule has 1 aromatic carbocycles. The molecule has 4 heteroatoms. The third-order valence-corrected chi connectivity index (χ3v) is 4.52. The maximum atomic E-state index is 12.6. The molecule has 1 amide bonds. The van der Waals surface area contributed by atoms with Gasteiger partial charge in [0.1, 0.15) is 0 Å². The number of nitrogens with two attached hydrogens (primary N) is 1. The number of nitrogen functional groups attached to an aromatic ring is 1. The number of benzene rings is 1. The maximum Gasteiger partial charge on any atom is 0.226 e. The zero-order valence-electron chi connectivity index (χ0n) is 13.7. The number of carbonyl (C=O) groups excluding carboxylic acids is 1. The molecule has 3 nitrogen and oxygen atoms in total. The van der Waals surface area contributed by atoms with Gasteiger partial charge in [0, 0.05) is 17.6 Å². The lowest BCUT2D eigenvalue weighted by molar-refractivity contribution is -0.131. The molecule has 1 aromatic rings. The van der Waals surface area contributed by atoms with E-state index in [1.807, 2.05) is 24.3 Å². The summed E-state index contributed by atoms with van der Waals surface area (Å²) in [6.07, 6.45) is 6.37. The van der Waals surface area contributed by atoms with Crippen molar-refractivity contribution in [2.24, 2.45) is 11.3 Å². The van der Waals surface area contributed by atoms with Crippen LogP contribution in [0.15, 0.2) is 24.3 Å². The predicted octanol–water partition coefficient (Wildman–Crippen LogP) is 3.96. The van der Waals surface area contributed by atoms with E-state index in [9.17, 15) is 4.79 Å². The monoisotopic (exact) mass is 324 g/mol. The molecule has 1 aliphatic carbocycles. The first-order chi connectivity index (χ1) is 10.0. The Morgan fingerprint density at radius 2 is 1.82 bits per heavy atom. The van der Waals surface area contributed by atoms with Gasteiger partial charge in [0.25, 0.3) is 0 Å². The lowest BCUT2D eigenvalue weighted by atomic mass is 9.77. The Kier molecular flexibility index (Phi) is 7.21. The highest BCUT2D eigenvalue weighted by Gasteiger charge is 2.40. The molecule has 1 aliphatic rings. The third-order valence-electron chi connectivity index (χ3n) is 4.52. The van der Waals surface area contributed by atoms with Crippen molar-refractivity contribution in [1.29, 1.82) is 0 Å². The normalized spacial score (nSPS) is 16.3. The van der Waals surface area contributed by atoms with Crippen LogP contribution in [0.3, 0.4) is 0 Å². The van der Waals surface area contributed by atoms with Crippen molar-refractivity contribution in [1.82, 2.24) is 5.32 Å². The summed E-state index contributed by atoms with van der Waals surface area (Å²) in [6.45, 7) is 5.13. The Hall–Kier alpha value is -1.22. The van der Waals surface area contributed by atoms with Gasteiger partial charge in [0.05, 0.1) is 0 Å². The van der Waals surface area contributed by atoms with Crippen molar-refractivity contribution in [2.45, 2.75) is 52.4 Å². The van der Waals surface area contributed by atoms with Crippen molar-refractivity contribution in [3.8, 4) is 0 Å². The Morgan fingerprint density at radius 1 is 1.23 bits per heavy atom. The highest BCUT2D eigenvalue weighted by Crippen LogP contribution is 2.43. The molecule has 0 aliphatic heterocycles. The van der Waals surface area contributed by atoms with E-state index >= 15 is 0 Å². The fourth-order valence-corrected chi connectivity index (χ4v) is 3.55. The number of carbonyl (C=O) groups is 1. The Bertz CT molecular complexity index is 464. The van der Waals surface area contributed by atoms with Gasteiger partial charge in [0.2, 0.25) is 5.91 Å². The molecule has 0 atom stereocenters. The Labute approximate surface area is 140 Å². The van der Waals surface area contributed by atoms with Crippen LogP contribution < -0.4 is 11.1 Å². The van der Waals surface area contributed by atoms with E-state index in [4.69, 9.17) is 5.73 Å². The van der Waals surface area contributed by atoms with Crippen LogP contribution in [0.4, 0.5) is 5.69 Å². The van der Waals surface area contributed by atoms with Gasteiger partial charge in [-0.25, -0.2) is 0 Å². The SMILES string of the molecule is CC(C)CC1(C(=O)NCCc2ccc(N)cc2)CCCC1.Cl. The van der Waals surface area contributed by atoms with Crippen LogP contribution in [0.5, 0.6) is 0 Å². The second-order valence-corrected chi connectivity index (χ2v) is 6.83. The van der Waals surface area contributed by atoms with Crippen molar-refractivity contribution < 1.29 is 4.79 Å². The minimum absolute atomic E-state index is 0. The fraction of sp³-hybridized carbons (Fsp3) is 0.611. The first kappa shape index (κ1) is 18.8. The summed E-state index contributed by atoms with van der Waals surface area (Å²) >= 11 is 0. The summed E-state index contributed by atoms with van der Waals surface area (Å²) < 4.78 is 0. The van der Waals surface area contributed by atoms with E-state index in [-0.39, 0.29) is 23.7 Å². The lowest BCUT2D eigenvalue weighted by Crippen LogP contribution is -2.41. The summed E-state index contributed by atoms with van der Waals surface area (Å²) in [5.41, 5.74) is 7.58. The van der Waals surface area contributed by atoms with Gasteiger partial charge in [-0.15, -0.1) is 12.4 Å². The second kappa shape index (κ2) is 8.42. The van der Waals surface area contributed by atoms with Crippen LogP contribution in [0.2, 0.25) is 0 Å². The van der Waals surface area contributed by atoms with E-state index in [0.29, 0.717) is 12.5 Å². The van der Waals surface area contributed by atoms with Crippen LogP contribution in [0.25, 0.3) is 0 Å². The fourth-order valence-electron chi connectivity index (χ4n) is 3.55. The molecule has 0 aromatic heterocycles. The van der Waals surface area contributed by atoms with Crippen molar-refractivity contribution in [2.75, 3.05) is 12.3 Å². The number of hydrogen-bond donors (Lipinski definition) is 2. The van der Waals surface area contributed by atoms with Crippen LogP contribution in [0, 0.1) is 11.3 Å². The molecule has 124 valence electrons. The lowest BCUT2D eigenvalue weighted by Gasteiger charge is -2.29. The maximum absolute atomic E-state index is 12.6. The standard InChI is InChI=1S/C18H28N2O.ClH/c1-14(2)13-18(10-3-4-11-18)17(21)20-12-9-15-5-7-16(19)8-6-15;/h5-8,14H,3-4,9-13,19H2,1-2H3,(H,20,21);1H. The molecule has 2 rings (SSSR count). The van der Waals surface area contributed by atoms with E-state index in [0.717, 1.165) is 31.4 Å². The van der Waals surface area contributed by atoms with Crippen molar-refractivity contribution in [3.05, 3.63) is 29.8 Å². The average molecular weight is 325 g/mol. The smallest absolute Gasteiger partial charge is 0.226 e. The molecule has 0 bridgehead atoms. The molecule has 0 saturated heterocycles. The average Bonchev–Trinajstić information content (AvgIpc) is 2.90. The molecule has 1 fully saturated rings. The van der Waals surface area contributed by atoms with Gasteiger partial charge in [-0.2, -0.15) is 0 Å². The van der Waals surface area contributed by atoms with Crippen molar-refractivity contribution >= 4 is 24.0 Å². The van der Waals surface area contributed by atoms with Gasteiger partial charge in [-0.05, 0) is 49.3 Å². The summed E-state index contributed by atoms with van der Waals surface area (Å²) in [4.78, 5) is 12.6. The molecule has 0 radical (unpaired) electrons. The first-order valence-electron chi connectivity index (χ1n) is 8.14. The molecule has 3 N–H and O–H groups in total. The molecule has 0 unspecified atom stereocenters. The molecule has 0 spiro atoms. The van der Waals surface area contributed by atoms with Gasteiger partial charge >= 0.3 is 0 Å². The number of hydrogen-bond acceptors (Lipinski definition) is 2. The molecular weight excluding hydrogens is 296 g/mol. The van der Waals surface area contributed by atoms with Crippen LogP contribution >= 0.6 is 12.4 Å². The number of rotatable bonds is 6. The van der Waals surface area contributed by atoms with E-state index in [1.165, 1.54) is 18.4 Å². The largest absolute Gasteiger partial charge is 0.399 e. The molecule has 0 heterocycles. The quantitative estimate of drug-likeness (QED) is 0.778. The van der Waals surface area contributed by atoms with Crippen LogP contribution in [0.1, 0.15) is 51.5 Å². The second-order valence-electron chi connectivity index (χ2n) is 6.83. The highest BCUT2D eigenvalue weighted by atomic mass is 35.5. The summed E-state index contributed by atoms with van der Waals surface area (Å²) in [5.74, 6) is 0.843. The summed E-state index contributed by atoms with van der Waals surface area (Å²) in [6, 6.07) is 7.88. The number of nitrogens with one attached hydrogen (secondary N) is 1. The highest BCUT2D eigenvalue weighted by molar-refractivity contribution is 5.85. The summed E-state index contributed by atoms with van der Waals surface area (Å²) in [7, 11) is 0. The van der Waals surface area contributed by atoms with Gasteiger partial charge < -0.3 is 11.1 Å². The number of anilines is 1. The van der Waals surface area contributed by atoms with Gasteiger partial charge in [-0.3, -0.25) is 4.79 Å². The van der Waals surface area contributed by atoms with Crippen molar-refractivity contribution in [3.63, 3.8) is 0 Å². The Balaban J connectivity index is 0.00000242. The van der Waals surface area contributed by atoms with E-state index in [1.54, 1.807) is 0 Å². The number of amides is 1. The molecule has 22 heavy (non-hydrogen) atoms. The third kappa shape index (κ3) is 4.91. The van der Waals surface area contributed by atoms with Gasteiger partial charge in [-0.1, -0.05) is 38.8 Å². The van der Waals surface area contributed by atoms with Crippen LogP contribution in [-0.4, -0.2) is 12.5 Å². The topological polar surface area (TPSA) is 55.1 Å². The Morgan fingerprint density at radius 3 is 2.36 bits per heavy atom. The number of halogens is 1. The van der Waals surface area contributed by atoms with Gasteiger partial charge in [0.15, 0.2) is 0 Å². The zero-order valence-corrected chi connectivity index (χ0v) is 14.5. The van der Waals surface area contributed by atoms with Crippen LogP contribution in [-0.2, 0) is 11.2 Å². The van der Waals surface area contributed by atoms with E-state index in [2.05, 4.69) is 19.2 Å². The predicted molar refractivity (Wildman–Crippen MR) is 95.2 cm³/mol. The van der Waals surface area contributed by atoms with E-state index < -0.39 is 0 Å². The molecular formula is C18H29ClN2O.